The Hall–Kier alpha value is -3.59. The van der Waals surface area contributed by atoms with Crippen LogP contribution < -0.4 is 14.8 Å². The number of nitro groups is 1. The molecule has 1 N–H and O–H groups in total. The van der Waals surface area contributed by atoms with Gasteiger partial charge in [0.15, 0.2) is 0 Å². The van der Waals surface area contributed by atoms with Crippen LogP contribution in [0.4, 0.5) is 10.1 Å². The molecule has 0 saturated carbocycles. The lowest BCUT2D eigenvalue weighted by Crippen LogP contribution is -2.28. The first-order valence-electron chi connectivity index (χ1n) is 9.24. The molecule has 9 heteroatoms. The number of nitro benzene ring substituents is 1. The number of nitrogens with zero attached hydrogens (tertiary/aromatic N) is 1. The summed E-state index contributed by atoms with van der Waals surface area (Å²) < 4.78 is 24.7. The van der Waals surface area contributed by atoms with Crippen molar-refractivity contribution in [1.29, 1.82) is 0 Å². The van der Waals surface area contributed by atoms with Crippen molar-refractivity contribution in [3.05, 3.63) is 88.2 Å². The third-order valence-corrected chi connectivity index (χ3v) is 5.30. The fraction of sp³-hybridized carbons (Fsp3) is 0.136. The van der Waals surface area contributed by atoms with Crippen LogP contribution in [0.3, 0.4) is 0 Å². The predicted molar refractivity (Wildman–Crippen MR) is 114 cm³/mol. The van der Waals surface area contributed by atoms with E-state index in [2.05, 4.69) is 5.32 Å². The fourth-order valence-electron chi connectivity index (χ4n) is 2.66. The highest BCUT2D eigenvalue weighted by molar-refractivity contribution is 7.99. The Labute approximate surface area is 182 Å². The molecule has 0 unspecified atom stereocenters. The second-order valence-electron chi connectivity index (χ2n) is 6.25. The first kappa shape index (κ1) is 22.1. The molecule has 0 spiro atoms. The number of non-ortho nitro benzene ring substituents is 1. The molecule has 1 amide bonds. The largest absolute Gasteiger partial charge is 0.497 e. The van der Waals surface area contributed by atoms with E-state index in [1.807, 2.05) is 0 Å². The Morgan fingerprint density at radius 1 is 1.06 bits per heavy atom. The summed E-state index contributed by atoms with van der Waals surface area (Å²) in [6, 6.07) is 17.1. The van der Waals surface area contributed by atoms with E-state index in [4.69, 9.17) is 9.47 Å². The molecule has 160 valence electrons. The summed E-state index contributed by atoms with van der Waals surface area (Å²) in [6.45, 7) is 0.353. The van der Waals surface area contributed by atoms with Crippen LogP contribution in [0.1, 0.15) is 10.4 Å². The van der Waals surface area contributed by atoms with Crippen LogP contribution in [0.5, 0.6) is 11.5 Å². The van der Waals surface area contributed by atoms with Crippen molar-refractivity contribution in [1.82, 2.24) is 5.32 Å². The second kappa shape index (κ2) is 10.4. The van der Waals surface area contributed by atoms with Gasteiger partial charge in [-0.05, 0) is 30.3 Å². The zero-order valence-electron chi connectivity index (χ0n) is 16.5. The number of halogens is 1. The first-order chi connectivity index (χ1) is 15.0. The minimum absolute atomic E-state index is 0.0869. The van der Waals surface area contributed by atoms with E-state index in [1.54, 1.807) is 49.6 Å². The molecule has 0 aliphatic carbocycles. The summed E-state index contributed by atoms with van der Waals surface area (Å²) in [5.74, 6) is 0.272. The molecule has 0 aliphatic heterocycles. The van der Waals surface area contributed by atoms with Crippen LogP contribution in [-0.2, 0) is 0 Å². The maximum atomic E-state index is 14.0. The van der Waals surface area contributed by atoms with Crippen LogP contribution >= 0.6 is 11.8 Å². The van der Waals surface area contributed by atoms with Crippen LogP contribution in [0, 0.1) is 15.9 Å². The van der Waals surface area contributed by atoms with Crippen molar-refractivity contribution >= 4 is 23.4 Å². The lowest BCUT2D eigenvalue weighted by Gasteiger charge is -2.11. The first-order valence-corrected chi connectivity index (χ1v) is 10.1. The summed E-state index contributed by atoms with van der Waals surface area (Å²) in [4.78, 5) is 24.0. The van der Waals surface area contributed by atoms with Gasteiger partial charge >= 0.3 is 0 Å². The Balaban J connectivity index is 1.70. The van der Waals surface area contributed by atoms with Crippen molar-refractivity contribution in [2.45, 2.75) is 9.79 Å². The molecular weight excluding hydrogens is 423 g/mol. The van der Waals surface area contributed by atoms with E-state index < -0.39 is 16.6 Å². The van der Waals surface area contributed by atoms with Gasteiger partial charge in [-0.25, -0.2) is 4.39 Å². The van der Waals surface area contributed by atoms with Gasteiger partial charge < -0.3 is 14.8 Å². The molecule has 0 heterocycles. The number of nitrogens with one attached hydrogen (secondary N) is 1. The molecule has 31 heavy (non-hydrogen) atoms. The number of carbonyl (C=O) groups is 1. The van der Waals surface area contributed by atoms with E-state index in [0.717, 1.165) is 11.8 Å². The summed E-state index contributed by atoms with van der Waals surface area (Å²) in [7, 11) is 1.55. The standard InChI is InChI=1S/C22H19FN2O5S/c1-29-16-5-4-6-17(14-16)30-12-11-24-22(26)18-13-15(25(27)28)9-10-20(18)31-21-8-3-2-7-19(21)23/h2-10,13-14H,11-12H2,1H3,(H,24,26). The number of rotatable bonds is 9. The van der Waals surface area contributed by atoms with Gasteiger partial charge in [-0.1, -0.05) is 30.0 Å². The number of ether oxygens (including phenoxy) is 2. The maximum absolute atomic E-state index is 14.0. The summed E-state index contributed by atoms with van der Waals surface area (Å²) in [5, 5.41) is 13.8. The van der Waals surface area contributed by atoms with Gasteiger partial charge in [0, 0.05) is 28.0 Å². The smallest absolute Gasteiger partial charge is 0.270 e. The highest BCUT2D eigenvalue weighted by Gasteiger charge is 2.18. The molecule has 0 aromatic heterocycles. The Kier molecular flexibility index (Phi) is 7.45. The van der Waals surface area contributed by atoms with Crippen molar-refractivity contribution < 1.29 is 23.6 Å². The third kappa shape index (κ3) is 5.95. The molecule has 3 aromatic carbocycles. The number of methoxy groups -OCH3 is 1. The highest BCUT2D eigenvalue weighted by atomic mass is 32.2. The van der Waals surface area contributed by atoms with Crippen molar-refractivity contribution in [3.63, 3.8) is 0 Å². The minimum atomic E-state index is -0.583. The van der Waals surface area contributed by atoms with Crippen LogP contribution in [0.15, 0.2) is 76.5 Å². The number of amides is 1. The lowest BCUT2D eigenvalue weighted by molar-refractivity contribution is -0.384. The van der Waals surface area contributed by atoms with Gasteiger partial charge in [0.1, 0.15) is 23.9 Å². The molecule has 0 fully saturated rings. The van der Waals surface area contributed by atoms with Gasteiger partial charge in [0.25, 0.3) is 11.6 Å². The molecule has 0 bridgehead atoms. The molecule has 0 saturated heterocycles. The van der Waals surface area contributed by atoms with Crippen LogP contribution in [-0.4, -0.2) is 31.1 Å². The molecule has 0 atom stereocenters. The van der Waals surface area contributed by atoms with Gasteiger partial charge in [0.05, 0.1) is 24.1 Å². The molecule has 3 aromatic rings. The van der Waals surface area contributed by atoms with E-state index in [1.165, 1.54) is 24.3 Å². The Morgan fingerprint density at radius 3 is 2.58 bits per heavy atom. The summed E-state index contributed by atoms with van der Waals surface area (Å²) in [5.41, 5.74) is -0.139. The summed E-state index contributed by atoms with van der Waals surface area (Å²) in [6.07, 6.45) is 0. The number of benzene rings is 3. The van der Waals surface area contributed by atoms with Gasteiger partial charge in [-0.15, -0.1) is 0 Å². The number of carbonyl (C=O) groups excluding carboxylic acids is 1. The molecule has 3 rings (SSSR count). The summed E-state index contributed by atoms with van der Waals surface area (Å²) >= 11 is 1.03. The monoisotopic (exact) mass is 442 g/mol. The third-order valence-electron chi connectivity index (χ3n) is 4.17. The van der Waals surface area contributed by atoms with E-state index in [9.17, 15) is 19.3 Å². The van der Waals surface area contributed by atoms with Crippen LogP contribution in [0.2, 0.25) is 0 Å². The Morgan fingerprint density at radius 2 is 1.84 bits per heavy atom. The predicted octanol–water partition coefficient (Wildman–Crippen LogP) is 4.70. The highest BCUT2D eigenvalue weighted by Crippen LogP contribution is 2.34. The van der Waals surface area contributed by atoms with E-state index in [0.29, 0.717) is 21.3 Å². The lowest BCUT2D eigenvalue weighted by atomic mass is 10.2. The topological polar surface area (TPSA) is 90.7 Å². The SMILES string of the molecule is COc1cccc(OCCNC(=O)c2cc([N+](=O)[O-])ccc2Sc2ccccc2F)c1. The normalized spacial score (nSPS) is 10.4. The molecule has 0 radical (unpaired) electrons. The van der Waals surface area contributed by atoms with Crippen LogP contribution in [0.25, 0.3) is 0 Å². The maximum Gasteiger partial charge on any atom is 0.270 e. The molecule has 0 aliphatic rings. The molecule has 7 nitrogen and oxygen atoms in total. The van der Waals surface area contributed by atoms with Crippen molar-refractivity contribution in [2.75, 3.05) is 20.3 Å². The average molecular weight is 442 g/mol. The zero-order valence-corrected chi connectivity index (χ0v) is 17.4. The van der Waals surface area contributed by atoms with Gasteiger partial charge in [0.2, 0.25) is 0 Å². The quantitative estimate of drug-likeness (QED) is 0.293. The number of hydrogen-bond donors (Lipinski definition) is 1. The van der Waals surface area contributed by atoms with Crippen molar-refractivity contribution in [3.8, 4) is 11.5 Å². The molecular formula is C22H19FN2O5S. The van der Waals surface area contributed by atoms with Gasteiger partial charge in [-0.2, -0.15) is 0 Å². The van der Waals surface area contributed by atoms with Crippen molar-refractivity contribution in [2.24, 2.45) is 0 Å². The van der Waals surface area contributed by atoms with Gasteiger partial charge in [-0.3, -0.25) is 14.9 Å². The van der Waals surface area contributed by atoms with E-state index >= 15 is 0 Å². The average Bonchev–Trinajstić information content (AvgIpc) is 2.78. The van der Waals surface area contributed by atoms with E-state index in [-0.39, 0.29) is 24.4 Å². The second-order valence-corrected chi connectivity index (χ2v) is 7.34. The fourth-order valence-corrected chi connectivity index (χ4v) is 3.61. The number of hydrogen-bond acceptors (Lipinski definition) is 6. The Bertz CT molecular complexity index is 1090. The zero-order chi connectivity index (χ0) is 22.2. The minimum Gasteiger partial charge on any atom is -0.497 e.